The van der Waals surface area contributed by atoms with Crippen molar-refractivity contribution in [3.8, 4) is 0 Å². The molecule has 1 aliphatic heterocycles. The van der Waals surface area contributed by atoms with E-state index in [0.29, 0.717) is 33.5 Å². The number of halogens is 2. The van der Waals surface area contributed by atoms with Gasteiger partial charge in [-0.2, -0.15) is 0 Å². The van der Waals surface area contributed by atoms with Crippen molar-refractivity contribution >= 4 is 63.3 Å². The van der Waals surface area contributed by atoms with Gasteiger partial charge in [-0.1, -0.05) is 41.4 Å². The number of amides is 2. The lowest BCUT2D eigenvalue weighted by molar-refractivity contribution is -0.119. The second kappa shape index (κ2) is 9.89. The topological polar surface area (TPSA) is 64.7 Å². The Bertz CT molecular complexity index is 1270. The molecule has 0 unspecified atom stereocenters. The first-order valence-corrected chi connectivity index (χ1v) is 11.4. The molecule has 0 aliphatic carbocycles. The van der Waals surface area contributed by atoms with Gasteiger partial charge >= 0.3 is 0 Å². The summed E-state index contributed by atoms with van der Waals surface area (Å²) in [6, 6.07) is 20.1. The number of hydrogen-bond acceptors (Lipinski definition) is 4. The van der Waals surface area contributed by atoms with E-state index in [2.05, 4.69) is 10.6 Å². The Morgan fingerprint density at radius 3 is 2.21 bits per heavy atom. The van der Waals surface area contributed by atoms with Crippen molar-refractivity contribution in [3.05, 3.63) is 87.9 Å². The minimum atomic E-state index is -0.222. The van der Waals surface area contributed by atoms with Gasteiger partial charge in [-0.3, -0.25) is 9.59 Å². The summed E-state index contributed by atoms with van der Waals surface area (Å²) < 4.78 is 0. The lowest BCUT2D eigenvalue weighted by Crippen LogP contribution is -2.34. The standard InChI is InChI=1S/C26H24Cl2N4O2/c1-31(2)15-23(33)32(3)20-11-9-19(10-12-20)29-25(16-4-6-17(27)7-5-16)24-21-13-8-18(28)14-22(21)30-26(24)34/h4-14,29H,15H2,1-3H3,(H,30,34)/b25-24-. The predicted molar refractivity (Wildman–Crippen MR) is 140 cm³/mol. The van der Waals surface area contributed by atoms with Crippen LogP contribution in [0.25, 0.3) is 11.3 Å². The van der Waals surface area contributed by atoms with Crippen LogP contribution < -0.4 is 15.5 Å². The number of carbonyl (C=O) groups is 2. The van der Waals surface area contributed by atoms with Gasteiger partial charge in [0, 0.05) is 34.0 Å². The number of benzene rings is 3. The van der Waals surface area contributed by atoms with Crippen molar-refractivity contribution in [1.29, 1.82) is 0 Å². The Morgan fingerprint density at radius 2 is 1.56 bits per heavy atom. The van der Waals surface area contributed by atoms with E-state index in [1.54, 1.807) is 36.2 Å². The SMILES string of the molecule is CN(C)CC(=O)N(C)c1ccc(N/C(=C2\C(=O)Nc3cc(Cl)ccc32)c2ccc(Cl)cc2)cc1. The maximum absolute atomic E-state index is 13.0. The average molecular weight is 495 g/mol. The van der Waals surface area contributed by atoms with Crippen LogP contribution in [0, 0.1) is 0 Å². The zero-order valence-corrected chi connectivity index (χ0v) is 20.5. The largest absolute Gasteiger partial charge is 0.354 e. The molecule has 3 aromatic carbocycles. The molecule has 6 nitrogen and oxygen atoms in total. The minimum absolute atomic E-state index is 0.00687. The van der Waals surface area contributed by atoms with Gasteiger partial charge in [-0.25, -0.2) is 0 Å². The highest BCUT2D eigenvalue weighted by atomic mass is 35.5. The molecule has 0 saturated heterocycles. The van der Waals surface area contributed by atoms with E-state index >= 15 is 0 Å². The van der Waals surface area contributed by atoms with Crippen molar-refractivity contribution in [2.75, 3.05) is 43.2 Å². The van der Waals surface area contributed by atoms with Crippen LogP contribution >= 0.6 is 23.2 Å². The molecule has 3 aromatic rings. The van der Waals surface area contributed by atoms with Crippen molar-refractivity contribution < 1.29 is 9.59 Å². The van der Waals surface area contributed by atoms with Gasteiger partial charge in [-0.15, -0.1) is 0 Å². The van der Waals surface area contributed by atoms with Crippen LogP contribution in [-0.4, -0.2) is 44.4 Å². The third-order valence-corrected chi connectivity index (χ3v) is 5.95. The highest BCUT2D eigenvalue weighted by Crippen LogP contribution is 2.39. The molecule has 4 rings (SSSR count). The molecule has 0 aromatic heterocycles. The molecule has 8 heteroatoms. The van der Waals surface area contributed by atoms with Crippen LogP contribution in [0.4, 0.5) is 17.1 Å². The molecular weight excluding hydrogens is 471 g/mol. The lowest BCUT2D eigenvalue weighted by Gasteiger charge is -2.20. The number of nitrogens with one attached hydrogen (secondary N) is 2. The minimum Gasteiger partial charge on any atom is -0.354 e. The third kappa shape index (κ3) is 5.09. The van der Waals surface area contributed by atoms with Crippen LogP contribution in [0.2, 0.25) is 10.0 Å². The van der Waals surface area contributed by atoms with Gasteiger partial charge in [0.25, 0.3) is 5.91 Å². The van der Waals surface area contributed by atoms with Gasteiger partial charge < -0.3 is 20.4 Å². The monoisotopic (exact) mass is 494 g/mol. The van der Waals surface area contributed by atoms with E-state index < -0.39 is 0 Å². The second-order valence-electron chi connectivity index (χ2n) is 8.26. The van der Waals surface area contributed by atoms with E-state index in [0.717, 1.165) is 22.5 Å². The predicted octanol–water partition coefficient (Wildman–Crippen LogP) is 5.45. The van der Waals surface area contributed by atoms with E-state index in [1.165, 1.54) is 0 Å². The zero-order valence-electron chi connectivity index (χ0n) is 19.0. The van der Waals surface area contributed by atoms with E-state index in [4.69, 9.17) is 23.2 Å². The molecule has 174 valence electrons. The highest BCUT2D eigenvalue weighted by molar-refractivity contribution is 6.38. The first-order valence-electron chi connectivity index (χ1n) is 10.6. The third-order valence-electron chi connectivity index (χ3n) is 5.46. The number of rotatable bonds is 6. The number of carbonyl (C=O) groups excluding carboxylic acids is 2. The summed E-state index contributed by atoms with van der Waals surface area (Å²) in [6.07, 6.45) is 0. The van der Waals surface area contributed by atoms with Crippen molar-refractivity contribution in [2.24, 2.45) is 0 Å². The summed E-state index contributed by atoms with van der Waals surface area (Å²) in [4.78, 5) is 28.8. The van der Waals surface area contributed by atoms with Crippen molar-refractivity contribution in [1.82, 2.24) is 4.90 Å². The molecule has 0 saturated carbocycles. The van der Waals surface area contributed by atoms with Gasteiger partial charge in [0.05, 0.1) is 23.5 Å². The molecule has 0 spiro atoms. The average Bonchev–Trinajstić information content (AvgIpc) is 3.12. The molecule has 0 radical (unpaired) electrons. The Morgan fingerprint density at radius 1 is 0.912 bits per heavy atom. The van der Waals surface area contributed by atoms with Gasteiger partial charge in [0.1, 0.15) is 0 Å². The van der Waals surface area contributed by atoms with Crippen LogP contribution in [0.15, 0.2) is 66.7 Å². The fourth-order valence-electron chi connectivity index (χ4n) is 3.72. The van der Waals surface area contributed by atoms with Crippen LogP contribution in [0.1, 0.15) is 11.1 Å². The lowest BCUT2D eigenvalue weighted by atomic mass is 10.00. The molecule has 2 N–H and O–H groups in total. The van der Waals surface area contributed by atoms with E-state index in [-0.39, 0.29) is 11.8 Å². The zero-order chi connectivity index (χ0) is 24.4. The van der Waals surface area contributed by atoms with Crippen molar-refractivity contribution in [3.63, 3.8) is 0 Å². The first-order chi connectivity index (χ1) is 16.2. The summed E-state index contributed by atoms with van der Waals surface area (Å²) in [5.41, 5.74) is 4.92. The summed E-state index contributed by atoms with van der Waals surface area (Å²) in [7, 11) is 5.46. The number of fused-ring (bicyclic) bond motifs is 1. The Hall–Kier alpha value is -3.32. The number of nitrogens with zero attached hydrogens (tertiary/aromatic N) is 2. The van der Waals surface area contributed by atoms with Gasteiger partial charge in [-0.05, 0) is 68.2 Å². The fraction of sp³-hybridized carbons (Fsp3) is 0.154. The molecule has 0 bridgehead atoms. The fourth-order valence-corrected chi connectivity index (χ4v) is 4.02. The first kappa shape index (κ1) is 23.8. The number of hydrogen-bond donors (Lipinski definition) is 2. The smallest absolute Gasteiger partial charge is 0.258 e. The van der Waals surface area contributed by atoms with Crippen LogP contribution in [0.3, 0.4) is 0 Å². The molecule has 0 fully saturated rings. The molecule has 0 atom stereocenters. The molecule has 2 amide bonds. The maximum atomic E-state index is 13.0. The number of anilines is 3. The molecule has 1 heterocycles. The molecule has 1 aliphatic rings. The Labute approximate surface area is 208 Å². The summed E-state index contributed by atoms with van der Waals surface area (Å²) in [5.74, 6) is -0.229. The second-order valence-corrected chi connectivity index (χ2v) is 9.14. The maximum Gasteiger partial charge on any atom is 0.258 e. The number of likely N-dealkylation sites (N-methyl/N-ethyl adjacent to an activating group) is 2. The Balaban J connectivity index is 1.71. The summed E-state index contributed by atoms with van der Waals surface area (Å²) in [6.45, 7) is 0.321. The quantitative estimate of drug-likeness (QED) is 0.447. The van der Waals surface area contributed by atoms with Crippen LogP contribution in [-0.2, 0) is 9.59 Å². The molecule has 34 heavy (non-hydrogen) atoms. The Kier molecular flexibility index (Phi) is 6.93. The molecular formula is C26H24Cl2N4O2. The van der Waals surface area contributed by atoms with Gasteiger partial charge in [0.15, 0.2) is 0 Å². The normalized spacial score (nSPS) is 14.0. The van der Waals surface area contributed by atoms with E-state index in [1.807, 2.05) is 61.5 Å². The van der Waals surface area contributed by atoms with Gasteiger partial charge in [0.2, 0.25) is 5.91 Å². The van der Waals surface area contributed by atoms with E-state index in [9.17, 15) is 9.59 Å². The summed E-state index contributed by atoms with van der Waals surface area (Å²) in [5, 5.41) is 7.44. The van der Waals surface area contributed by atoms with Crippen molar-refractivity contribution in [2.45, 2.75) is 0 Å². The van der Waals surface area contributed by atoms with Crippen LogP contribution in [0.5, 0.6) is 0 Å². The summed E-state index contributed by atoms with van der Waals surface area (Å²) >= 11 is 12.2. The highest BCUT2D eigenvalue weighted by Gasteiger charge is 2.28.